The summed E-state index contributed by atoms with van der Waals surface area (Å²) in [5.74, 6) is 0.601. The van der Waals surface area contributed by atoms with Gasteiger partial charge < -0.3 is 29.0 Å². The first-order chi connectivity index (χ1) is 19.2. The fraction of sp³-hybridized carbons (Fsp3) is 0.333. The van der Waals surface area contributed by atoms with Crippen molar-refractivity contribution in [3.8, 4) is 17.2 Å². The molecular formula is C30H33Cl2NO7. The molecule has 1 N–H and O–H groups in total. The number of hydrogen-bond donors (Lipinski definition) is 1. The number of ether oxygens (including phenoxy) is 4. The third-order valence-corrected chi connectivity index (χ3v) is 6.22. The van der Waals surface area contributed by atoms with E-state index < -0.39 is 18.2 Å². The molecule has 0 aliphatic carbocycles. The predicted molar refractivity (Wildman–Crippen MR) is 154 cm³/mol. The molecule has 214 valence electrons. The van der Waals surface area contributed by atoms with Crippen molar-refractivity contribution in [2.75, 3.05) is 32.9 Å². The van der Waals surface area contributed by atoms with Crippen LogP contribution in [0.15, 0.2) is 66.7 Å². The number of carboxylic acid groups (broad SMARTS) is 1. The molecule has 3 aromatic rings. The number of halogens is 2. The molecule has 40 heavy (non-hydrogen) atoms. The number of nitrogens with zero attached hydrogens (tertiary/aromatic N) is 1. The Labute approximate surface area is 244 Å². The molecule has 0 fully saturated rings. The van der Waals surface area contributed by atoms with Crippen LogP contribution in [0, 0.1) is 6.92 Å². The fourth-order valence-electron chi connectivity index (χ4n) is 3.75. The smallest absolute Gasteiger partial charge is 0.415 e. The van der Waals surface area contributed by atoms with Crippen molar-refractivity contribution in [3.05, 3.63) is 87.9 Å². The highest BCUT2D eigenvalue weighted by molar-refractivity contribution is 6.34. The molecule has 1 amide bonds. The predicted octanol–water partition coefficient (Wildman–Crippen LogP) is 6.68. The fourth-order valence-corrected chi connectivity index (χ4v) is 4.26. The Morgan fingerprint density at radius 1 is 0.850 bits per heavy atom. The second kappa shape index (κ2) is 16.0. The molecule has 0 aliphatic rings. The van der Waals surface area contributed by atoms with Crippen LogP contribution in [0.4, 0.5) is 4.79 Å². The highest BCUT2D eigenvalue weighted by Gasteiger charge is 2.18. The molecule has 8 nitrogen and oxygen atoms in total. The Morgan fingerprint density at radius 3 is 2.10 bits per heavy atom. The lowest BCUT2D eigenvalue weighted by Gasteiger charge is -2.22. The lowest BCUT2D eigenvalue weighted by Crippen LogP contribution is -2.38. The largest absolute Gasteiger partial charge is 0.493 e. The summed E-state index contributed by atoms with van der Waals surface area (Å²) in [7, 11) is 0. The van der Waals surface area contributed by atoms with E-state index in [2.05, 4.69) is 0 Å². The lowest BCUT2D eigenvalue weighted by molar-refractivity contribution is -0.149. The molecule has 0 aromatic heterocycles. The monoisotopic (exact) mass is 589 g/mol. The molecule has 0 radical (unpaired) electrons. The molecule has 0 heterocycles. The van der Waals surface area contributed by atoms with Crippen molar-refractivity contribution < 1.29 is 33.6 Å². The van der Waals surface area contributed by atoms with E-state index in [1.165, 1.54) is 0 Å². The van der Waals surface area contributed by atoms with Crippen LogP contribution in [0.5, 0.6) is 17.2 Å². The SMILES string of the molecule is CCOC(Cc1ccc(OCCN(CCCOc2cc(Cl)cc(Cl)c2)C(=O)Oc2ccc(C)cc2)cc1)C(=O)O. The van der Waals surface area contributed by atoms with Gasteiger partial charge in [0.2, 0.25) is 0 Å². The molecule has 0 saturated carbocycles. The molecule has 0 aliphatic heterocycles. The Bertz CT molecular complexity index is 1220. The molecular weight excluding hydrogens is 557 g/mol. The topological polar surface area (TPSA) is 94.5 Å². The molecule has 1 unspecified atom stereocenters. The average Bonchev–Trinajstić information content (AvgIpc) is 2.91. The summed E-state index contributed by atoms with van der Waals surface area (Å²) in [5.41, 5.74) is 1.88. The summed E-state index contributed by atoms with van der Waals surface area (Å²) in [6, 6.07) is 19.3. The molecule has 3 aromatic carbocycles. The van der Waals surface area contributed by atoms with E-state index in [9.17, 15) is 14.7 Å². The number of amides is 1. The minimum absolute atomic E-state index is 0.226. The van der Waals surface area contributed by atoms with E-state index in [4.69, 9.17) is 42.1 Å². The number of carbonyl (C=O) groups is 2. The number of hydrogen-bond acceptors (Lipinski definition) is 6. The standard InChI is InChI=1S/C30H33Cl2NO7/c1-3-37-28(29(34)35)17-22-7-11-25(12-8-22)39-16-14-33(30(36)40-26-9-5-21(2)6-10-26)13-4-15-38-27-19-23(31)18-24(32)20-27/h5-12,18-20,28H,3-4,13-17H2,1-2H3,(H,34,35). The van der Waals surface area contributed by atoms with Gasteiger partial charge in [-0.1, -0.05) is 53.0 Å². The van der Waals surface area contributed by atoms with E-state index in [0.29, 0.717) is 53.5 Å². The summed E-state index contributed by atoms with van der Waals surface area (Å²) in [6.45, 7) is 5.25. The first-order valence-corrected chi connectivity index (χ1v) is 13.7. The number of carboxylic acids is 1. The number of aryl methyl sites for hydroxylation is 1. The van der Waals surface area contributed by atoms with Crippen molar-refractivity contribution >= 4 is 35.3 Å². The van der Waals surface area contributed by atoms with Crippen molar-refractivity contribution in [1.29, 1.82) is 0 Å². The minimum atomic E-state index is -0.999. The van der Waals surface area contributed by atoms with Crippen molar-refractivity contribution in [3.63, 3.8) is 0 Å². The number of rotatable bonds is 15. The summed E-state index contributed by atoms with van der Waals surface area (Å²) in [6.07, 6.45) is -0.605. The van der Waals surface area contributed by atoms with Crippen LogP contribution >= 0.6 is 23.2 Å². The van der Waals surface area contributed by atoms with Gasteiger partial charge in [-0.05, 0) is 68.3 Å². The lowest BCUT2D eigenvalue weighted by atomic mass is 10.1. The van der Waals surface area contributed by atoms with E-state index in [0.717, 1.165) is 11.1 Å². The van der Waals surface area contributed by atoms with Gasteiger partial charge in [0.25, 0.3) is 0 Å². The van der Waals surface area contributed by atoms with Crippen LogP contribution < -0.4 is 14.2 Å². The highest BCUT2D eigenvalue weighted by Crippen LogP contribution is 2.24. The van der Waals surface area contributed by atoms with Gasteiger partial charge in [-0.15, -0.1) is 0 Å². The number of carbonyl (C=O) groups excluding carboxylic acids is 1. The van der Waals surface area contributed by atoms with Gasteiger partial charge in [-0.3, -0.25) is 0 Å². The Hall–Kier alpha value is -3.46. The molecule has 0 spiro atoms. The Morgan fingerprint density at radius 2 is 1.48 bits per heavy atom. The maximum absolute atomic E-state index is 13.0. The van der Waals surface area contributed by atoms with Gasteiger partial charge in [-0.25, -0.2) is 9.59 Å². The van der Waals surface area contributed by atoms with Crippen LogP contribution in [0.25, 0.3) is 0 Å². The summed E-state index contributed by atoms with van der Waals surface area (Å²) in [5, 5.41) is 10.2. The van der Waals surface area contributed by atoms with Crippen LogP contribution in [0.2, 0.25) is 10.0 Å². The first kappa shape index (κ1) is 31.1. The van der Waals surface area contributed by atoms with E-state index in [-0.39, 0.29) is 19.6 Å². The van der Waals surface area contributed by atoms with Crippen LogP contribution in [-0.4, -0.2) is 61.1 Å². The third-order valence-electron chi connectivity index (χ3n) is 5.78. The maximum atomic E-state index is 13.0. The van der Waals surface area contributed by atoms with Crippen molar-refractivity contribution in [2.24, 2.45) is 0 Å². The molecule has 1 atom stereocenters. The Kier molecular flexibility index (Phi) is 12.4. The van der Waals surface area contributed by atoms with Gasteiger partial charge in [0.1, 0.15) is 23.9 Å². The molecule has 0 saturated heterocycles. The Balaban J connectivity index is 1.55. The second-order valence-corrected chi connectivity index (χ2v) is 9.83. The van der Waals surface area contributed by atoms with Crippen LogP contribution in [-0.2, 0) is 16.0 Å². The maximum Gasteiger partial charge on any atom is 0.415 e. The zero-order valence-electron chi connectivity index (χ0n) is 22.5. The van der Waals surface area contributed by atoms with E-state index >= 15 is 0 Å². The van der Waals surface area contributed by atoms with Crippen molar-refractivity contribution in [2.45, 2.75) is 32.8 Å². The van der Waals surface area contributed by atoms with Gasteiger partial charge in [-0.2, -0.15) is 0 Å². The highest BCUT2D eigenvalue weighted by atomic mass is 35.5. The van der Waals surface area contributed by atoms with Gasteiger partial charge >= 0.3 is 12.1 Å². The summed E-state index contributed by atoms with van der Waals surface area (Å²) in [4.78, 5) is 25.9. The number of aliphatic carboxylic acids is 1. The number of benzene rings is 3. The van der Waals surface area contributed by atoms with Gasteiger partial charge in [0, 0.05) is 29.6 Å². The van der Waals surface area contributed by atoms with E-state index in [1.54, 1.807) is 66.4 Å². The summed E-state index contributed by atoms with van der Waals surface area (Å²) < 4.78 is 22.4. The van der Waals surface area contributed by atoms with Gasteiger partial charge in [0.05, 0.1) is 13.2 Å². The van der Waals surface area contributed by atoms with Gasteiger partial charge in [0.15, 0.2) is 6.10 Å². The quantitative estimate of drug-likeness (QED) is 0.197. The van der Waals surface area contributed by atoms with Crippen LogP contribution in [0.3, 0.4) is 0 Å². The molecule has 0 bridgehead atoms. The minimum Gasteiger partial charge on any atom is -0.493 e. The van der Waals surface area contributed by atoms with E-state index in [1.807, 2.05) is 19.1 Å². The zero-order chi connectivity index (χ0) is 28.9. The normalized spacial score (nSPS) is 11.5. The van der Waals surface area contributed by atoms with Crippen molar-refractivity contribution in [1.82, 2.24) is 4.90 Å². The molecule has 3 rings (SSSR count). The molecule has 10 heteroatoms. The third kappa shape index (κ3) is 10.6. The van der Waals surface area contributed by atoms with Crippen LogP contribution in [0.1, 0.15) is 24.5 Å². The first-order valence-electron chi connectivity index (χ1n) is 12.9. The average molecular weight is 591 g/mol. The second-order valence-electron chi connectivity index (χ2n) is 8.95. The summed E-state index contributed by atoms with van der Waals surface area (Å²) >= 11 is 12.1. The zero-order valence-corrected chi connectivity index (χ0v) is 24.0.